The van der Waals surface area contributed by atoms with E-state index >= 15 is 0 Å². The fraction of sp³-hybridized carbons (Fsp3) is 0.500. The molecule has 1 fully saturated rings. The van der Waals surface area contributed by atoms with Gasteiger partial charge in [0.2, 0.25) is 0 Å². The highest BCUT2D eigenvalue weighted by Gasteiger charge is 2.26. The highest BCUT2D eigenvalue weighted by molar-refractivity contribution is 5.14. The lowest BCUT2D eigenvalue weighted by atomic mass is 9.84. The number of benzene rings is 1. The summed E-state index contributed by atoms with van der Waals surface area (Å²) in [7, 11) is 0. The summed E-state index contributed by atoms with van der Waals surface area (Å²) >= 11 is 0. The van der Waals surface area contributed by atoms with Gasteiger partial charge in [0, 0.05) is 13.1 Å². The van der Waals surface area contributed by atoms with Gasteiger partial charge < -0.3 is 0 Å². The van der Waals surface area contributed by atoms with Crippen LogP contribution >= 0.6 is 0 Å². The molecule has 1 aliphatic heterocycles. The summed E-state index contributed by atoms with van der Waals surface area (Å²) in [5.41, 5.74) is 1.81. The summed E-state index contributed by atoms with van der Waals surface area (Å²) in [5.74, 6) is 0. The number of likely N-dealkylation sites (tertiary alicyclic amines) is 1. The Labute approximate surface area is 93.1 Å². The second-order valence-corrected chi connectivity index (χ2v) is 5.18. The van der Waals surface area contributed by atoms with Crippen LogP contribution in [0, 0.1) is 11.8 Å². The summed E-state index contributed by atoms with van der Waals surface area (Å²) in [6.45, 7) is 8.13. The first-order chi connectivity index (χ1) is 7.16. The van der Waals surface area contributed by atoms with Crippen LogP contribution in [0.1, 0.15) is 25.8 Å². The maximum absolute atomic E-state index is 2.55. The topological polar surface area (TPSA) is 3.24 Å². The largest absolute Gasteiger partial charge is 0.299 e. The van der Waals surface area contributed by atoms with E-state index in [1.54, 1.807) is 0 Å². The van der Waals surface area contributed by atoms with E-state index in [2.05, 4.69) is 55.5 Å². The highest BCUT2D eigenvalue weighted by Crippen LogP contribution is 2.28. The van der Waals surface area contributed by atoms with Crippen LogP contribution in [-0.4, -0.2) is 18.0 Å². The molecule has 15 heavy (non-hydrogen) atoms. The van der Waals surface area contributed by atoms with Crippen molar-refractivity contribution in [3.8, 4) is 0 Å². The fourth-order valence-corrected chi connectivity index (χ4v) is 2.33. The molecule has 0 amide bonds. The minimum absolute atomic E-state index is 0.382. The van der Waals surface area contributed by atoms with Crippen LogP contribution in [0.3, 0.4) is 0 Å². The van der Waals surface area contributed by atoms with Gasteiger partial charge in [-0.1, -0.05) is 44.2 Å². The zero-order chi connectivity index (χ0) is 10.7. The Morgan fingerprint density at radius 3 is 2.60 bits per heavy atom. The van der Waals surface area contributed by atoms with Gasteiger partial charge in [-0.15, -0.1) is 0 Å². The van der Waals surface area contributed by atoms with Gasteiger partial charge in [0.15, 0.2) is 0 Å². The van der Waals surface area contributed by atoms with Gasteiger partial charge in [-0.2, -0.15) is 0 Å². The van der Waals surface area contributed by atoms with Crippen molar-refractivity contribution in [2.75, 3.05) is 13.1 Å². The SMILES string of the molecule is CC1(C)[CH]CCN(Cc2ccccc2)C1. The fourth-order valence-electron chi connectivity index (χ4n) is 2.33. The monoisotopic (exact) mass is 202 g/mol. The molecule has 2 rings (SSSR count). The van der Waals surface area contributed by atoms with Crippen molar-refractivity contribution in [3.63, 3.8) is 0 Å². The van der Waals surface area contributed by atoms with E-state index in [0.717, 1.165) is 6.54 Å². The maximum Gasteiger partial charge on any atom is 0.0233 e. The Kier molecular flexibility index (Phi) is 3.11. The lowest BCUT2D eigenvalue weighted by Crippen LogP contribution is -2.39. The Morgan fingerprint density at radius 2 is 1.93 bits per heavy atom. The molecule has 1 heterocycles. The van der Waals surface area contributed by atoms with Crippen LogP contribution in [0.25, 0.3) is 0 Å². The third-order valence-electron chi connectivity index (χ3n) is 3.02. The van der Waals surface area contributed by atoms with Gasteiger partial charge >= 0.3 is 0 Å². The molecule has 1 nitrogen and oxygen atoms in total. The highest BCUT2D eigenvalue weighted by atomic mass is 15.1. The maximum atomic E-state index is 2.55. The van der Waals surface area contributed by atoms with E-state index in [0.29, 0.717) is 5.41 Å². The molecule has 0 saturated carbocycles. The smallest absolute Gasteiger partial charge is 0.0233 e. The van der Waals surface area contributed by atoms with E-state index in [9.17, 15) is 0 Å². The summed E-state index contributed by atoms with van der Waals surface area (Å²) in [4.78, 5) is 2.55. The number of piperidine rings is 1. The summed E-state index contributed by atoms with van der Waals surface area (Å²) in [6, 6.07) is 10.8. The molecule has 0 aromatic heterocycles. The average molecular weight is 202 g/mol. The molecule has 1 aromatic rings. The second kappa shape index (κ2) is 4.36. The van der Waals surface area contributed by atoms with Gasteiger partial charge in [-0.25, -0.2) is 0 Å². The van der Waals surface area contributed by atoms with Crippen LogP contribution in [0.15, 0.2) is 30.3 Å². The third-order valence-corrected chi connectivity index (χ3v) is 3.02. The lowest BCUT2D eigenvalue weighted by Gasteiger charge is -2.37. The lowest BCUT2D eigenvalue weighted by molar-refractivity contribution is 0.155. The number of nitrogens with zero attached hydrogens (tertiary/aromatic N) is 1. The first-order valence-corrected chi connectivity index (χ1v) is 5.76. The number of hydrogen-bond acceptors (Lipinski definition) is 1. The zero-order valence-corrected chi connectivity index (χ0v) is 9.74. The molecule has 1 aliphatic rings. The predicted molar refractivity (Wildman–Crippen MR) is 64.4 cm³/mol. The van der Waals surface area contributed by atoms with Crippen molar-refractivity contribution in [2.45, 2.75) is 26.8 Å². The molecule has 0 spiro atoms. The molecule has 0 unspecified atom stereocenters. The molecular weight excluding hydrogens is 182 g/mol. The third kappa shape index (κ3) is 3.07. The molecule has 81 valence electrons. The van der Waals surface area contributed by atoms with Gasteiger partial charge in [0.05, 0.1) is 0 Å². The molecule has 0 aliphatic carbocycles. The molecule has 0 atom stereocenters. The number of hydrogen-bond donors (Lipinski definition) is 0. The van der Waals surface area contributed by atoms with Crippen LogP contribution in [0.2, 0.25) is 0 Å². The Hall–Kier alpha value is -0.820. The first-order valence-electron chi connectivity index (χ1n) is 5.76. The van der Waals surface area contributed by atoms with Crippen molar-refractivity contribution < 1.29 is 0 Å². The van der Waals surface area contributed by atoms with Crippen LogP contribution < -0.4 is 0 Å². The Balaban J connectivity index is 1.95. The zero-order valence-electron chi connectivity index (χ0n) is 9.74. The van der Waals surface area contributed by atoms with E-state index in [-0.39, 0.29) is 0 Å². The van der Waals surface area contributed by atoms with Crippen LogP contribution in [0.5, 0.6) is 0 Å². The van der Waals surface area contributed by atoms with Crippen molar-refractivity contribution in [1.29, 1.82) is 0 Å². The Morgan fingerprint density at radius 1 is 1.20 bits per heavy atom. The van der Waals surface area contributed by atoms with Crippen molar-refractivity contribution in [2.24, 2.45) is 5.41 Å². The molecule has 1 aromatic carbocycles. The van der Waals surface area contributed by atoms with E-state index in [1.165, 1.54) is 25.1 Å². The molecule has 0 bridgehead atoms. The standard InChI is InChI=1S/C14H20N/c1-14(2)9-6-10-15(12-14)11-13-7-4-3-5-8-13/h3-5,7-9H,6,10-12H2,1-2H3. The van der Waals surface area contributed by atoms with Crippen molar-refractivity contribution >= 4 is 0 Å². The van der Waals surface area contributed by atoms with Gasteiger partial charge in [-0.3, -0.25) is 4.90 Å². The van der Waals surface area contributed by atoms with Crippen LogP contribution in [-0.2, 0) is 6.54 Å². The van der Waals surface area contributed by atoms with Crippen molar-refractivity contribution in [3.05, 3.63) is 42.3 Å². The minimum atomic E-state index is 0.382. The van der Waals surface area contributed by atoms with E-state index in [1.807, 2.05) is 0 Å². The average Bonchev–Trinajstić information content (AvgIpc) is 2.17. The molecule has 1 radical (unpaired) electrons. The summed E-state index contributed by atoms with van der Waals surface area (Å²) in [6.07, 6.45) is 3.67. The number of rotatable bonds is 2. The first kappa shape index (κ1) is 10.7. The molecule has 0 N–H and O–H groups in total. The second-order valence-electron chi connectivity index (χ2n) is 5.18. The Bertz CT molecular complexity index is 302. The van der Waals surface area contributed by atoms with E-state index in [4.69, 9.17) is 0 Å². The minimum Gasteiger partial charge on any atom is -0.299 e. The normalized spacial score (nSPS) is 21.5. The molecular formula is C14H20N. The van der Waals surface area contributed by atoms with Crippen LogP contribution in [0.4, 0.5) is 0 Å². The summed E-state index contributed by atoms with van der Waals surface area (Å²) in [5, 5.41) is 0. The van der Waals surface area contributed by atoms with E-state index < -0.39 is 0 Å². The summed E-state index contributed by atoms with van der Waals surface area (Å²) < 4.78 is 0. The van der Waals surface area contributed by atoms with Gasteiger partial charge in [-0.05, 0) is 30.4 Å². The van der Waals surface area contributed by atoms with Gasteiger partial charge in [0.1, 0.15) is 0 Å². The molecule has 1 heteroatoms. The molecule has 1 saturated heterocycles. The van der Waals surface area contributed by atoms with Gasteiger partial charge in [0.25, 0.3) is 0 Å². The quantitative estimate of drug-likeness (QED) is 0.712. The van der Waals surface area contributed by atoms with Crippen molar-refractivity contribution in [1.82, 2.24) is 4.90 Å². The predicted octanol–water partition coefficient (Wildman–Crippen LogP) is 3.12.